The highest BCUT2D eigenvalue weighted by atomic mass is 79.9. The van der Waals surface area contributed by atoms with Gasteiger partial charge in [-0.3, -0.25) is 14.4 Å². The van der Waals surface area contributed by atoms with E-state index in [0.29, 0.717) is 11.3 Å². The van der Waals surface area contributed by atoms with Gasteiger partial charge in [-0.1, -0.05) is 82.7 Å². The molecule has 0 aliphatic heterocycles. The quantitative estimate of drug-likeness (QED) is 0.114. The van der Waals surface area contributed by atoms with E-state index >= 15 is 0 Å². The Labute approximate surface area is 256 Å². The Hall–Kier alpha value is -4.66. The second-order valence-electron chi connectivity index (χ2n) is 9.31. The number of benzene rings is 5. The molecule has 0 fully saturated rings. The molecule has 0 heterocycles. The fourth-order valence-corrected chi connectivity index (χ4v) is 5.16. The zero-order chi connectivity index (χ0) is 29.3. The van der Waals surface area contributed by atoms with Crippen molar-refractivity contribution in [1.82, 2.24) is 5.32 Å². The molecule has 0 saturated carbocycles. The first-order chi connectivity index (χ1) is 20.4. The Morgan fingerprint density at radius 3 is 2.19 bits per heavy atom. The van der Waals surface area contributed by atoms with E-state index in [1.165, 1.54) is 11.8 Å². The summed E-state index contributed by atoms with van der Waals surface area (Å²) in [4.78, 5) is 39.7. The molecule has 0 unspecified atom stereocenters. The SMILES string of the molecule is O=C(CSc1cccc(NC(=O)/C(=C/c2ccc(Br)cc2)NC(=O)c2ccccc2)c1)Nc1ccc2ccccc2c1. The average Bonchev–Trinajstić information content (AvgIpc) is 3.01. The second-order valence-corrected chi connectivity index (χ2v) is 11.3. The number of thioether (sulfide) groups is 1. The number of carbonyl (C=O) groups is 3. The smallest absolute Gasteiger partial charge is 0.272 e. The molecule has 0 aliphatic rings. The third kappa shape index (κ3) is 7.96. The number of carbonyl (C=O) groups excluding carboxylic acids is 3. The van der Waals surface area contributed by atoms with Crippen LogP contribution < -0.4 is 16.0 Å². The maximum absolute atomic E-state index is 13.4. The molecule has 5 rings (SSSR count). The highest BCUT2D eigenvalue weighted by Gasteiger charge is 2.15. The Bertz CT molecular complexity index is 1770. The van der Waals surface area contributed by atoms with Gasteiger partial charge in [0.1, 0.15) is 5.70 Å². The van der Waals surface area contributed by atoms with Crippen molar-refractivity contribution in [1.29, 1.82) is 0 Å². The summed E-state index contributed by atoms with van der Waals surface area (Å²) in [5, 5.41) is 10.7. The predicted molar refractivity (Wildman–Crippen MR) is 174 cm³/mol. The van der Waals surface area contributed by atoms with Gasteiger partial charge in [0.05, 0.1) is 5.75 Å². The van der Waals surface area contributed by atoms with Crippen LogP contribution in [0.4, 0.5) is 11.4 Å². The van der Waals surface area contributed by atoms with Crippen LogP contribution in [-0.2, 0) is 9.59 Å². The molecule has 5 aromatic rings. The Kier molecular flexibility index (Phi) is 9.48. The molecule has 0 spiro atoms. The standard InChI is InChI=1S/C34H26BrN3O3S/c35-27-16-13-23(14-17-27)19-31(38-33(40)25-8-2-1-3-9-25)34(41)37-28-11-6-12-30(21-28)42-22-32(39)36-29-18-15-24-7-4-5-10-26(24)20-29/h1-21H,22H2,(H,36,39)(H,37,41)(H,38,40)/b31-19-. The third-order valence-corrected chi connectivity index (χ3v) is 7.73. The van der Waals surface area contributed by atoms with Crippen molar-refractivity contribution in [2.24, 2.45) is 0 Å². The normalized spacial score (nSPS) is 11.1. The Balaban J connectivity index is 1.25. The van der Waals surface area contributed by atoms with Gasteiger partial charge in [-0.15, -0.1) is 11.8 Å². The van der Waals surface area contributed by atoms with E-state index in [2.05, 4.69) is 31.9 Å². The van der Waals surface area contributed by atoms with Gasteiger partial charge in [-0.25, -0.2) is 0 Å². The molecule has 0 atom stereocenters. The predicted octanol–water partition coefficient (Wildman–Crippen LogP) is 7.74. The van der Waals surface area contributed by atoms with Gasteiger partial charge in [0.25, 0.3) is 11.8 Å². The third-order valence-electron chi connectivity index (χ3n) is 6.20. The van der Waals surface area contributed by atoms with Gasteiger partial charge in [0, 0.05) is 26.3 Å². The van der Waals surface area contributed by atoms with Gasteiger partial charge in [0.2, 0.25) is 5.91 Å². The number of hydrogen-bond acceptors (Lipinski definition) is 4. The van der Waals surface area contributed by atoms with Gasteiger partial charge in [-0.2, -0.15) is 0 Å². The zero-order valence-corrected chi connectivity index (χ0v) is 24.7. The molecule has 0 saturated heterocycles. The minimum absolute atomic E-state index is 0.0963. The van der Waals surface area contributed by atoms with E-state index in [0.717, 1.165) is 31.4 Å². The van der Waals surface area contributed by atoms with Crippen LogP contribution in [0.5, 0.6) is 0 Å². The van der Waals surface area contributed by atoms with Gasteiger partial charge in [-0.05, 0) is 77.0 Å². The van der Waals surface area contributed by atoms with Crippen LogP contribution in [0.2, 0.25) is 0 Å². The summed E-state index contributed by atoms with van der Waals surface area (Å²) >= 11 is 4.77. The van der Waals surface area contributed by atoms with E-state index in [1.807, 2.05) is 78.9 Å². The molecule has 3 amide bonds. The fourth-order valence-electron chi connectivity index (χ4n) is 4.14. The minimum Gasteiger partial charge on any atom is -0.325 e. The van der Waals surface area contributed by atoms with Crippen molar-refractivity contribution in [2.75, 3.05) is 16.4 Å². The van der Waals surface area contributed by atoms with Gasteiger partial charge in [0.15, 0.2) is 0 Å². The first kappa shape index (κ1) is 28.9. The van der Waals surface area contributed by atoms with Crippen LogP contribution in [0.3, 0.4) is 0 Å². The molecule has 0 aromatic heterocycles. The van der Waals surface area contributed by atoms with E-state index < -0.39 is 11.8 Å². The van der Waals surface area contributed by atoms with Crippen LogP contribution in [0, 0.1) is 0 Å². The maximum Gasteiger partial charge on any atom is 0.272 e. The van der Waals surface area contributed by atoms with Gasteiger partial charge < -0.3 is 16.0 Å². The van der Waals surface area contributed by atoms with Crippen molar-refractivity contribution in [3.63, 3.8) is 0 Å². The second kappa shape index (κ2) is 13.8. The lowest BCUT2D eigenvalue weighted by Crippen LogP contribution is -2.30. The molecule has 42 heavy (non-hydrogen) atoms. The van der Waals surface area contributed by atoms with E-state index in [1.54, 1.807) is 48.5 Å². The molecule has 3 N–H and O–H groups in total. The van der Waals surface area contributed by atoms with Crippen LogP contribution in [0.1, 0.15) is 15.9 Å². The fraction of sp³-hybridized carbons (Fsp3) is 0.0294. The van der Waals surface area contributed by atoms with Crippen molar-refractivity contribution in [3.05, 3.63) is 143 Å². The minimum atomic E-state index is -0.474. The summed E-state index contributed by atoms with van der Waals surface area (Å²) in [5.41, 5.74) is 2.56. The van der Waals surface area contributed by atoms with Crippen molar-refractivity contribution in [3.8, 4) is 0 Å². The number of hydrogen-bond donors (Lipinski definition) is 3. The molecule has 0 bridgehead atoms. The largest absolute Gasteiger partial charge is 0.325 e. The highest BCUT2D eigenvalue weighted by Crippen LogP contribution is 2.24. The zero-order valence-electron chi connectivity index (χ0n) is 22.3. The van der Waals surface area contributed by atoms with E-state index in [-0.39, 0.29) is 17.4 Å². The van der Waals surface area contributed by atoms with Crippen LogP contribution in [-0.4, -0.2) is 23.5 Å². The molecule has 5 aromatic carbocycles. The summed E-state index contributed by atoms with van der Waals surface area (Å²) in [7, 11) is 0. The van der Waals surface area contributed by atoms with Crippen LogP contribution >= 0.6 is 27.7 Å². The van der Waals surface area contributed by atoms with Crippen LogP contribution in [0.25, 0.3) is 16.8 Å². The molecule has 8 heteroatoms. The molecule has 0 aliphatic carbocycles. The summed E-state index contributed by atoms with van der Waals surface area (Å²) in [6.45, 7) is 0. The van der Waals surface area contributed by atoms with Crippen LogP contribution in [0.15, 0.2) is 136 Å². The van der Waals surface area contributed by atoms with Crippen molar-refractivity contribution in [2.45, 2.75) is 4.90 Å². The summed E-state index contributed by atoms with van der Waals surface area (Å²) in [6, 6.07) is 37.1. The number of fused-ring (bicyclic) bond motifs is 1. The highest BCUT2D eigenvalue weighted by molar-refractivity contribution is 9.10. The Morgan fingerprint density at radius 1 is 0.690 bits per heavy atom. The molecule has 0 radical (unpaired) electrons. The first-order valence-corrected chi connectivity index (χ1v) is 14.9. The lowest BCUT2D eigenvalue weighted by atomic mass is 10.1. The van der Waals surface area contributed by atoms with Crippen molar-refractivity contribution < 1.29 is 14.4 Å². The first-order valence-electron chi connectivity index (χ1n) is 13.1. The number of nitrogens with one attached hydrogen (secondary N) is 3. The maximum atomic E-state index is 13.4. The number of rotatable bonds is 9. The lowest BCUT2D eigenvalue weighted by molar-refractivity contribution is -0.114. The Morgan fingerprint density at radius 2 is 1.40 bits per heavy atom. The number of amides is 3. The summed E-state index contributed by atoms with van der Waals surface area (Å²) in [6.07, 6.45) is 1.62. The lowest BCUT2D eigenvalue weighted by Gasteiger charge is -2.12. The molecule has 208 valence electrons. The molecule has 6 nitrogen and oxygen atoms in total. The topological polar surface area (TPSA) is 87.3 Å². The van der Waals surface area contributed by atoms with Gasteiger partial charge >= 0.3 is 0 Å². The molecular weight excluding hydrogens is 610 g/mol. The summed E-state index contributed by atoms with van der Waals surface area (Å²) < 4.78 is 0.902. The summed E-state index contributed by atoms with van der Waals surface area (Å²) in [5.74, 6) is -0.797. The number of halogens is 1. The molecular formula is C34H26BrN3O3S. The number of anilines is 2. The van der Waals surface area contributed by atoms with E-state index in [9.17, 15) is 14.4 Å². The monoisotopic (exact) mass is 635 g/mol. The van der Waals surface area contributed by atoms with E-state index in [4.69, 9.17) is 0 Å². The van der Waals surface area contributed by atoms with Crippen molar-refractivity contribution >= 4 is 73.6 Å². The average molecular weight is 637 g/mol.